The second-order valence-electron chi connectivity index (χ2n) is 3.54. The molecular weight excluding hydrogens is 267 g/mol. The van der Waals surface area contributed by atoms with Crippen LogP contribution in [0.5, 0.6) is 0 Å². The Balaban J connectivity index is 2.46. The van der Waals surface area contributed by atoms with E-state index in [1.165, 1.54) is 20.3 Å². The molecule has 7 heteroatoms. The van der Waals surface area contributed by atoms with E-state index in [-0.39, 0.29) is 0 Å². The highest BCUT2D eigenvalue weighted by molar-refractivity contribution is 7.18. The van der Waals surface area contributed by atoms with Gasteiger partial charge < -0.3 is 9.47 Å². The SMILES string of the molecule is COC(OC)c1nc2ccc(C(F)(F)F)cc2s1. The van der Waals surface area contributed by atoms with Crippen molar-refractivity contribution in [3.63, 3.8) is 0 Å². The first-order valence-corrected chi connectivity index (χ1v) is 5.80. The van der Waals surface area contributed by atoms with E-state index in [0.29, 0.717) is 15.2 Å². The maximum Gasteiger partial charge on any atom is 0.416 e. The summed E-state index contributed by atoms with van der Waals surface area (Å²) in [5.41, 5.74) is -0.182. The van der Waals surface area contributed by atoms with Gasteiger partial charge in [0, 0.05) is 14.2 Å². The number of halogens is 3. The van der Waals surface area contributed by atoms with E-state index in [0.717, 1.165) is 23.5 Å². The summed E-state index contributed by atoms with van der Waals surface area (Å²) in [6.07, 6.45) is -5.00. The fraction of sp³-hybridized carbons (Fsp3) is 0.364. The summed E-state index contributed by atoms with van der Waals surface area (Å²) >= 11 is 1.12. The molecule has 0 unspecified atom stereocenters. The Morgan fingerprint density at radius 1 is 1.22 bits per heavy atom. The molecule has 0 aliphatic heterocycles. The van der Waals surface area contributed by atoms with E-state index in [2.05, 4.69) is 4.98 Å². The molecule has 0 N–H and O–H groups in total. The first-order valence-electron chi connectivity index (χ1n) is 4.99. The number of hydrogen-bond acceptors (Lipinski definition) is 4. The van der Waals surface area contributed by atoms with Crippen molar-refractivity contribution in [2.75, 3.05) is 14.2 Å². The van der Waals surface area contributed by atoms with E-state index in [1.54, 1.807) is 0 Å². The maximum atomic E-state index is 12.5. The molecule has 3 nitrogen and oxygen atoms in total. The minimum absolute atomic E-state index is 0.457. The molecular formula is C11H10F3NO2S. The molecule has 1 aromatic carbocycles. The van der Waals surface area contributed by atoms with Gasteiger partial charge in [0.2, 0.25) is 6.29 Å². The molecule has 2 rings (SSSR count). The van der Waals surface area contributed by atoms with Crippen molar-refractivity contribution in [3.05, 3.63) is 28.8 Å². The predicted octanol–water partition coefficient (Wildman–Crippen LogP) is 3.61. The topological polar surface area (TPSA) is 31.4 Å². The maximum absolute atomic E-state index is 12.5. The van der Waals surface area contributed by atoms with Crippen molar-refractivity contribution in [3.8, 4) is 0 Å². The molecule has 0 aliphatic rings. The lowest BCUT2D eigenvalue weighted by molar-refractivity contribution is -0.137. The smallest absolute Gasteiger partial charge is 0.350 e. The summed E-state index contributed by atoms with van der Waals surface area (Å²) in [7, 11) is 2.89. The lowest BCUT2D eigenvalue weighted by Gasteiger charge is -2.08. The lowest BCUT2D eigenvalue weighted by atomic mass is 10.2. The number of alkyl halides is 3. The quantitative estimate of drug-likeness (QED) is 0.803. The minimum Gasteiger partial charge on any atom is -0.350 e. The highest BCUT2D eigenvalue weighted by Gasteiger charge is 2.31. The van der Waals surface area contributed by atoms with Crippen molar-refractivity contribution in [2.45, 2.75) is 12.5 Å². The van der Waals surface area contributed by atoms with E-state index >= 15 is 0 Å². The normalized spacial score (nSPS) is 12.6. The average molecular weight is 277 g/mol. The Kier molecular flexibility index (Phi) is 3.56. The van der Waals surface area contributed by atoms with Gasteiger partial charge in [-0.25, -0.2) is 4.98 Å². The second kappa shape index (κ2) is 4.83. The van der Waals surface area contributed by atoms with Crippen LogP contribution >= 0.6 is 11.3 Å². The Labute approximate surface area is 105 Å². The fourth-order valence-corrected chi connectivity index (χ4v) is 2.58. The van der Waals surface area contributed by atoms with Gasteiger partial charge in [-0.05, 0) is 18.2 Å². The Morgan fingerprint density at radius 2 is 1.89 bits per heavy atom. The summed E-state index contributed by atoms with van der Waals surface area (Å²) in [5.74, 6) is 0. The van der Waals surface area contributed by atoms with Crippen molar-refractivity contribution in [1.29, 1.82) is 0 Å². The van der Waals surface area contributed by atoms with Crippen molar-refractivity contribution in [2.24, 2.45) is 0 Å². The number of thiazole rings is 1. The summed E-state index contributed by atoms with van der Waals surface area (Å²) in [6.45, 7) is 0. The third-order valence-corrected chi connectivity index (χ3v) is 3.40. The third kappa shape index (κ3) is 2.47. The highest BCUT2D eigenvalue weighted by Crippen LogP contribution is 2.34. The molecule has 0 saturated carbocycles. The van der Waals surface area contributed by atoms with Gasteiger partial charge in [0.05, 0.1) is 15.8 Å². The molecule has 0 amide bonds. The Hall–Kier alpha value is -1.18. The van der Waals surface area contributed by atoms with Gasteiger partial charge in [0.25, 0.3) is 0 Å². The van der Waals surface area contributed by atoms with Crippen LogP contribution in [0.1, 0.15) is 16.9 Å². The number of rotatable bonds is 3. The predicted molar refractivity (Wildman–Crippen MR) is 61.4 cm³/mol. The third-order valence-electron chi connectivity index (χ3n) is 2.36. The molecule has 0 atom stereocenters. The molecule has 0 aliphatic carbocycles. The van der Waals surface area contributed by atoms with Crippen LogP contribution in [-0.2, 0) is 15.7 Å². The lowest BCUT2D eigenvalue weighted by Crippen LogP contribution is -2.03. The van der Waals surface area contributed by atoms with Crippen molar-refractivity contribution in [1.82, 2.24) is 4.98 Å². The minimum atomic E-state index is -4.35. The zero-order chi connectivity index (χ0) is 13.3. The van der Waals surface area contributed by atoms with Gasteiger partial charge in [0.15, 0.2) is 5.01 Å². The summed E-state index contributed by atoms with van der Waals surface area (Å²) in [5, 5.41) is 0.495. The zero-order valence-electron chi connectivity index (χ0n) is 9.62. The number of methoxy groups -OCH3 is 2. The molecule has 0 saturated heterocycles. The second-order valence-corrected chi connectivity index (χ2v) is 4.60. The van der Waals surface area contributed by atoms with Gasteiger partial charge in [-0.15, -0.1) is 11.3 Å². The van der Waals surface area contributed by atoms with Crippen LogP contribution in [0.4, 0.5) is 13.2 Å². The van der Waals surface area contributed by atoms with Crippen LogP contribution in [0.25, 0.3) is 10.2 Å². The largest absolute Gasteiger partial charge is 0.416 e. The van der Waals surface area contributed by atoms with Crippen LogP contribution < -0.4 is 0 Å². The van der Waals surface area contributed by atoms with E-state index in [1.807, 2.05) is 0 Å². The van der Waals surface area contributed by atoms with Gasteiger partial charge in [-0.1, -0.05) is 0 Å². The molecule has 98 valence electrons. The van der Waals surface area contributed by atoms with Crippen LogP contribution in [-0.4, -0.2) is 19.2 Å². The van der Waals surface area contributed by atoms with Crippen LogP contribution in [0.3, 0.4) is 0 Å². The highest BCUT2D eigenvalue weighted by atomic mass is 32.1. The number of nitrogens with zero attached hydrogens (tertiary/aromatic N) is 1. The Morgan fingerprint density at radius 3 is 2.44 bits per heavy atom. The fourth-order valence-electron chi connectivity index (χ4n) is 1.52. The molecule has 0 fully saturated rings. The van der Waals surface area contributed by atoms with Gasteiger partial charge >= 0.3 is 6.18 Å². The van der Waals surface area contributed by atoms with Crippen molar-refractivity contribution < 1.29 is 22.6 Å². The molecule has 0 radical (unpaired) electrons. The van der Waals surface area contributed by atoms with Gasteiger partial charge in [-0.2, -0.15) is 13.2 Å². The first kappa shape index (κ1) is 13.3. The summed E-state index contributed by atoms with van der Waals surface area (Å²) < 4.78 is 48.1. The molecule has 1 heterocycles. The molecule has 0 bridgehead atoms. The summed E-state index contributed by atoms with van der Waals surface area (Å²) in [6, 6.07) is 3.44. The molecule has 1 aromatic heterocycles. The van der Waals surface area contributed by atoms with Crippen LogP contribution in [0, 0.1) is 0 Å². The monoisotopic (exact) mass is 277 g/mol. The number of fused-ring (bicyclic) bond motifs is 1. The molecule has 2 aromatic rings. The number of hydrogen-bond donors (Lipinski definition) is 0. The van der Waals surface area contributed by atoms with Crippen LogP contribution in [0.15, 0.2) is 18.2 Å². The standard InChI is InChI=1S/C11H10F3NO2S/c1-16-10(17-2)9-15-7-4-3-6(11(12,13)14)5-8(7)18-9/h3-5,10H,1-2H3. The van der Waals surface area contributed by atoms with Crippen molar-refractivity contribution >= 4 is 21.6 Å². The van der Waals surface area contributed by atoms with E-state index in [9.17, 15) is 13.2 Å². The number of ether oxygens (including phenoxy) is 2. The van der Waals surface area contributed by atoms with E-state index in [4.69, 9.17) is 9.47 Å². The van der Waals surface area contributed by atoms with Crippen LogP contribution in [0.2, 0.25) is 0 Å². The molecule has 0 spiro atoms. The summed E-state index contributed by atoms with van der Waals surface area (Å²) in [4.78, 5) is 4.18. The first-order chi connectivity index (χ1) is 8.45. The Bertz CT molecular complexity index is 549. The van der Waals surface area contributed by atoms with E-state index < -0.39 is 18.0 Å². The van der Waals surface area contributed by atoms with Gasteiger partial charge in [0.1, 0.15) is 0 Å². The molecule has 18 heavy (non-hydrogen) atoms. The zero-order valence-corrected chi connectivity index (χ0v) is 10.4. The number of aromatic nitrogens is 1. The number of benzene rings is 1. The van der Waals surface area contributed by atoms with Gasteiger partial charge in [-0.3, -0.25) is 0 Å². The average Bonchev–Trinajstić information content (AvgIpc) is 2.71.